The van der Waals surface area contributed by atoms with E-state index in [1.165, 1.54) is 0 Å². The van der Waals surface area contributed by atoms with Crippen LogP contribution in [0.5, 0.6) is 0 Å². The Hall–Kier alpha value is -2.63. The summed E-state index contributed by atoms with van der Waals surface area (Å²) in [7, 11) is 1.85. The van der Waals surface area contributed by atoms with Crippen molar-refractivity contribution < 1.29 is 14.7 Å². The molecule has 2 N–H and O–H groups in total. The lowest BCUT2D eigenvalue weighted by atomic mass is 10.0. The summed E-state index contributed by atoms with van der Waals surface area (Å²) in [6, 6.07) is 9.84. The summed E-state index contributed by atoms with van der Waals surface area (Å²) in [5.41, 5.74) is 2.81. The van der Waals surface area contributed by atoms with Crippen molar-refractivity contribution in [2.24, 2.45) is 18.9 Å². The Morgan fingerprint density at radius 3 is 2.62 bits per heavy atom. The predicted molar refractivity (Wildman–Crippen MR) is 89.0 cm³/mol. The van der Waals surface area contributed by atoms with Gasteiger partial charge in [-0.25, -0.2) is 0 Å². The van der Waals surface area contributed by atoms with Gasteiger partial charge >= 0.3 is 5.97 Å². The molecule has 1 heterocycles. The van der Waals surface area contributed by atoms with Crippen LogP contribution in [0.3, 0.4) is 0 Å². The largest absolute Gasteiger partial charge is 0.481 e. The summed E-state index contributed by atoms with van der Waals surface area (Å²) in [4.78, 5) is 23.3. The van der Waals surface area contributed by atoms with E-state index in [0.29, 0.717) is 25.8 Å². The Morgan fingerprint density at radius 2 is 1.96 bits per heavy atom. The second-order valence-corrected chi connectivity index (χ2v) is 6.31. The third kappa shape index (κ3) is 3.48. The maximum Gasteiger partial charge on any atom is 0.306 e. The molecule has 6 nitrogen and oxygen atoms in total. The molecule has 0 radical (unpaired) electrons. The molecule has 3 rings (SSSR count). The molecule has 24 heavy (non-hydrogen) atoms. The zero-order valence-electron chi connectivity index (χ0n) is 13.6. The van der Waals surface area contributed by atoms with Crippen LogP contribution in [0.4, 0.5) is 0 Å². The number of nitrogens with one attached hydrogen (secondary N) is 1. The average molecular weight is 327 g/mol. The zero-order valence-corrected chi connectivity index (χ0v) is 13.6. The Labute approximate surface area is 140 Å². The molecule has 1 aromatic carbocycles. The van der Waals surface area contributed by atoms with Crippen molar-refractivity contribution in [2.75, 3.05) is 0 Å². The Kier molecular flexibility index (Phi) is 4.64. The number of aliphatic carboxylic acids is 1. The third-order valence-electron chi connectivity index (χ3n) is 4.56. The lowest BCUT2D eigenvalue weighted by molar-refractivity contribution is -0.141. The van der Waals surface area contributed by atoms with E-state index in [0.717, 1.165) is 16.8 Å². The molecule has 1 fully saturated rings. The third-order valence-corrected chi connectivity index (χ3v) is 4.56. The first-order valence-corrected chi connectivity index (χ1v) is 8.13. The van der Waals surface area contributed by atoms with Crippen LogP contribution >= 0.6 is 0 Å². The molecule has 1 aliphatic carbocycles. The van der Waals surface area contributed by atoms with E-state index >= 15 is 0 Å². The number of nitrogens with zero attached hydrogens (tertiary/aromatic N) is 2. The fourth-order valence-electron chi connectivity index (χ4n) is 3.28. The van der Waals surface area contributed by atoms with Crippen molar-refractivity contribution in [3.8, 4) is 11.3 Å². The fraction of sp³-hybridized carbons (Fsp3) is 0.389. The van der Waals surface area contributed by atoms with Gasteiger partial charge in [0.2, 0.25) is 5.91 Å². The van der Waals surface area contributed by atoms with Gasteiger partial charge in [-0.1, -0.05) is 30.3 Å². The highest BCUT2D eigenvalue weighted by atomic mass is 16.4. The first kappa shape index (κ1) is 16.2. The minimum Gasteiger partial charge on any atom is -0.481 e. The molecule has 1 aliphatic rings. The number of carboxylic acids is 1. The molecular formula is C18H21N3O3. The van der Waals surface area contributed by atoms with Crippen LogP contribution in [-0.2, 0) is 23.2 Å². The lowest BCUT2D eigenvalue weighted by Gasteiger charge is -2.11. The maximum absolute atomic E-state index is 12.3. The fourth-order valence-corrected chi connectivity index (χ4v) is 3.28. The van der Waals surface area contributed by atoms with Crippen LogP contribution in [0, 0.1) is 11.8 Å². The van der Waals surface area contributed by atoms with Crippen molar-refractivity contribution >= 4 is 11.9 Å². The van der Waals surface area contributed by atoms with Gasteiger partial charge in [0.1, 0.15) is 0 Å². The van der Waals surface area contributed by atoms with Crippen LogP contribution in [-0.4, -0.2) is 26.8 Å². The van der Waals surface area contributed by atoms with Crippen molar-refractivity contribution in [1.29, 1.82) is 0 Å². The van der Waals surface area contributed by atoms with E-state index in [9.17, 15) is 9.59 Å². The molecule has 2 aromatic rings. The van der Waals surface area contributed by atoms with Gasteiger partial charge in [-0.3, -0.25) is 14.3 Å². The number of benzene rings is 1. The minimum atomic E-state index is -0.802. The summed E-state index contributed by atoms with van der Waals surface area (Å²) in [6.07, 6.45) is 3.55. The molecule has 126 valence electrons. The number of hydrogen-bond donors (Lipinski definition) is 2. The second kappa shape index (κ2) is 6.86. The van der Waals surface area contributed by atoms with E-state index in [-0.39, 0.29) is 17.7 Å². The predicted octanol–water partition coefficient (Wildman–Crippen LogP) is 2.20. The molecular weight excluding hydrogens is 306 g/mol. The highest BCUT2D eigenvalue weighted by molar-refractivity contribution is 5.81. The number of hydrogen-bond acceptors (Lipinski definition) is 3. The molecule has 2 atom stereocenters. The summed E-state index contributed by atoms with van der Waals surface area (Å²) in [5, 5.41) is 16.5. The van der Waals surface area contributed by atoms with Gasteiger partial charge in [-0.15, -0.1) is 0 Å². The summed E-state index contributed by atoms with van der Waals surface area (Å²) >= 11 is 0. The number of aromatic nitrogens is 2. The molecule has 6 heteroatoms. The van der Waals surface area contributed by atoms with E-state index in [2.05, 4.69) is 10.4 Å². The quantitative estimate of drug-likeness (QED) is 0.882. The van der Waals surface area contributed by atoms with Gasteiger partial charge in [0, 0.05) is 36.8 Å². The van der Waals surface area contributed by atoms with Gasteiger partial charge in [0.15, 0.2) is 0 Å². The Morgan fingerprint density at radius 1 is 1.25 bits per heavy atom. The number of amides is 1. The standard InChI is InChI=1S/C18H21N3O3/c1-21-11-15(16(20-21)12-5-3-2-4-6-12)10-19-17(22)13-7-8-14(9-13)18(23)24/h2-6,11,13-14H,7-10H2,1H3,(H,19,22)(H,23,24)/t13-,14+/m1/s1. The van der Waals surface area contributed by atoms with E-state index < -0.39 is 5.97 Å². The molecule has 0 bridgehead atoms. The van der Waals surface area contributed by atoms with Crippen LogP contribution < -0.4 is 5.32 Å². The Bertz CT molecular complexity index is 739. The number of carbonyl (C=O) groups is 2. The van der Waals surface area contributed by atoms with Crippen molar-refractivity contribution in [3.05, 3.63) is 42.1 Å². The zero-order chi connectivity index (χ0) is 17.1. The molecule has 0 unspecified atom stereocenters. The molecule has 1 saturated carbocycles. The summed E-state index contributed by atoms with van der Waals surface area (Å²) in [5.74, 6) is -1.47. The van der Waals surface area contributed by atoms with E-state index in [1.807, 2.05) is 43.6 Å². The normalized spacial score (nSPS) is 20.0. The number of aryl methyl sites for hydroxylation is 1. The number of carboxylic acid groups (broad SMARTS) is 1. The van der Waals surface area contributed by atoms with Crippen molar-refractivity contribution in [2.45, 2.75) is 25.8 Å². The summed E-state index contributed by atoms with van der Waals surface area (Å²) in [6.45, 7) is 0.394. The smallest absolute Gasteiger partial charge is 0.306 e. The van der Waals surface area contributed by atoms with E-state index in [4.69, 9.17) is 5.11 Å². The van der Waals surface area contributed by atoms with Gasteiger partial charge in [-0.05, 0) is 19.3 Å². The van der Waals surface area contributed by atoms with Crippen LogP contribution in [0.15, 0.2) is 36.5 Å². The first-order valence-electron chi connectivity index (χ1n) is 8.13. The van der Waals surface area contributed by atoms with Crippen molar-refractivity contribution in [1.82, 2.24) is 15.1 Å². The van der Waals surface area contributed by atoms with Gasteiger partial charge < -0.3 is 10.4 Å². The van der Waals surface area contributed by atoms with E-state index in [1.54, 1.807) is 4.68 Å². The SMILES string of the molecule is Cn1cc(CNC(=O)[C@@H]2CC[C@H](C(=O)O)C2)c(-c2ccccc2)n1. The average Bonchev–Trinajstić information content (AvgIpc) is 3.20. The highest BCUT2D eigenvalue weighted by Crippen LogP contribution is 2.31. The monoisotopic (exact) mass is 327 g/mol. The Balaban J connectivity index is 1.65. The first-order chi connectivity index (χ1) is 11.5. The van der Waals surface area contributed by atoms with Gasteiger partial charge in [0.05, 0.1) is 11.6 Å². The molecule has 0 saturated heterocycles. The maximum atomic E-state index is 12.3. The minimum absolute atomic E-state index is 0.0679. The molecule has 0 aliphatic heterocycles. The topological polar surface area (TPSA) is 84.2 Å². The summed E-state index contributed by atoms with van der Waals surface area (Å²) < 4.78 is 1.74. The second-order valence-electron chi connectivity index (χ2n) is 6.31. The van der Waals surface area contributed by atoms with Gasteiger partial charge in [0.25, 0.3) is 0 Å². The number of carbonyl (C=O) groups excluding carboxylic acids is 1. The van der Waals surface area contributed by atoms with Crippen LogP contribution in [0.25, 0.3) is 11.3 Å². The molecule has 0 spiro atoms. The van der Waals surface area contributed by atoms with Crippen molar-refractivity contribution in [3.63, 3.8) is 0 Å². The number of rotatable bonds is 5. The van der Waals surface area contributed by atoms with Crippen LogP contribution in [0.1, 0.15) is 24.8 Å². The highest BCUT2D eigenvalue weighted by Gasteiger charge is 2.33. The lowest BCUT2D eigenvalue weighted by Crippen LogP contribution is -2.29. The molecule has 1 amide bonds. The molecule has 1 aromatic heterocycles. The van der Waals surface area contributed by atoms with Crippen LogP contribution in [0.2, 0.25) is 0 Å². The van der Waals surface area contributed by atoms with Gasteiger partial charge in [-0.2, -0.15) is 5.10 Å².